The van der Waals surface area contributed by atoms with E-state index in [4.69, 9.17) is 18.9 Å². The monoisotopic (exact) mass is 531 g/mol. The standard InChI is InChI=1S/C32H37NO6/c1-5-7-31(35)39-27(19-33(3)4)20-36-26-15-10-23(11-16-26)32(22-8-13-25(34)14-9-22)28(6-2)24-12-17-29-30(18-24)38-21-37-29/h8-18,27,34H,5-7,19-21H2,1-4H3. The fourth-order valence-electron chi connectivity index (χ4n) is 4.64. The van der Waals surface area contributed by atoms with Gasteiger partial charge in [0, 0.05) is 13.0 Å². The van der Waals surface area contributed by atoms with Crippen LogP contribution in [-0.2, 0) is 9.53 Å². The van der Waals surface area contributed by atoms with Gasteiger partial charge in [-0.05, 0) is 91.2 Å². The molecule has 39 heavy (non-hydrogen) atoms. The Kier molecular flexibility index (Phi) is 9.49. The number of carbonyl (C=O) groups excluding carboxylic acids is 1. The molecule has 1 atom stereocenters. The summed E-state index contributed by atoms with van der Waals surface area (Å²) in [5.41, 5.74) is 5.25. The summed E-state index contributed by atoms with van der Waals surface area (Å²) in [5.74, 6) is 2.19. The summed E-state index contributed by atoms with van der Waals surface area (Å²) in [7, 11) is 3.89. The molecule has 0 aromatic heterocycles. The third-order valence-corrected chi connectivity index (χ3v) is 6.43. The van der Waals surface area contributed by atoms with Crippen LogP contribution in [0.4, 0.5) is 0 Å². The van der Waals surface area contributed by atoms with Gasteiger partial charge in [0.05, 0.1) is 0 Å². The van der Waals surface area contributed by atoms with Gasteiger partial charge in [-0.15, -0.1) is 0 Å². The molecule has 1 aliphatic rings. The zero-order chi connectivity index (χ0) is 27.8. The largest absolute Gasteiger partial charge is 0.508 e. The molecule has 3 aromatic rings. The van der Waals surface area contributed by atoms with Gasteiger partial charge in [-0.1, -0.05) is 44.2 Å². The van der Waals surface area contributed by atoms with E-state index in [9.17, 15) is 9.90 Å². The molecular formula is C32H37NO6. The molecule has 0 radical (unpaired) electrons. The lowest BCUT2D eigenvalue weighted by Crippen LogP contribution is -2.35. The molecule has 0 saturated heterocycles. The number of phenolic OH excluding ortho intramolecular Hbond substituents is 1. The lowest BCUT2D eigenvalue weighted by Gasteiger charge is -2.22. The van der Waals surface area contributed by atoms with E-state index in [1.54, 1.807) is 12.1 Å². The molecule has 4 rings (SSSR count). The lowest BCUT2D eigenvalue weighted by atomic mass is 9.88. The molecule has 1 N–H and O–H groups in total. The highest BCUT2D eigenvalue weighted by molar-refractivity contribution is 5.99. The van der Waals surface area contributed by atoms with Gasteiger partial charge in [0.1, 0.15) is 24.2 Å². The van der Waals surface area contributed by atoms with Crippen molar-refractivity contribution >= 4 is 17.1 Å². The molecule has 0 aliphatic carbocycles. The molecule has 0 spiro atoms. The summed E-state index contributed by atoms with van der Waals surface area (Å²) in [6.07, 6.45) is 1.57. The Labute approximate surface area is 230 Å². The Balaban J connectivity index is 1.62. The van der Waals surface area contributed by atoms with Gasteiger partial charge in [-0.2, -0.15) is 0 Å². The second-order valence-corrected chi connectivity index (χ2v) is 9.78. The predicted molar refractivity (Wildman–Crippen MR) is 152 cm³/mol. The third-order valence-electron chi connectivity index (χ3n) is 6.43. The smallest absolute Gasteiger partial charge is 0.306 e. The van der Waals surface area contributed by atoms with E-state index in [0.29, 0.717) is 18.7 Å². The molecule has 1 aliphatic heterocycles. The first kappa shape index (κ1) is 28.0. The number of esters is 1. The lowest BCUT2D eigenvalue weighted by molar-refractivity contribution is -0.151. The number of hydrogen-bond donors (Lipinski definition) is 1. The van der Waals surface area contributed by atoms with Gasteiger partial charge in [-0.25, -0.2) is 0 Å². The Hall–Kier alpha value is -3.97. The van der Waals surface area contributed by atoms with Crippen molar-refractivity contribution in [2.45, 2.75) is 39.2 Å². The summed E-state index contributed by atoms with van der Waals surface area (Å²) in [6, 6.07) is 21.2. The predicted octanol–water partition coefficient (Wildman–Crippen LogP) is 6.14. The van der Waals surface area contributed by atoms with Crippen LogP contribution in [0.5, 0.6) is 23.0 Å². The molecule has 3 aromatic carbocycles. The first-order valence-corrected chi connectivity index (χ1v) is 13.4. The molecule has 0 saturated carbocycles. The van der Waals surface area contributed by atoms with Crippen molar-refractivity contribution in [2.24, 2.45) is 0 Å². The van der Waals surface area contributed by atoms with Crippen LogP contribution in [0, 0.1) is 0 Å². The summed E-state index contributed by atoms with van der Waals surface area (Å²) in [5, 5.41) is 9.91. The van der Waals surface area contributed by atoms with Crippen molar-refractivity contribution in [1.29, 1.82) is 0 Å². The number of phenols is 1. The minimum Gasteiger partial charge on any atom is -0.508 e. The van der Waals surface area contributed by atoms with Crippen LogP contribution in [0.3, 0.4) is 0 Å². The molecule has 0 amide bonds. The molecule has 7 nitrogen and oxygen atoms in total. The minimum atomic E-state index is -0.358. The maximum absolute atomic E-state index is 12.1. The van der Waals surface area contributed by atoms with Crippen molar-refractivity contribution in [2.75, 3.05) is 34.0 Å². The van der Waals surface area contributed by atoms with Crippen LogP contribution in [0.25, 0.3) is 11.1 Å². The number of rotatable bonds is 12. The minimum absolute atomic E-state index is 0.206. The molecule has 0 bridgehead atoms. The second kappa shape index (κ2) is 13.2. The topological polar surface area (TPSA) is 77.5 Å². The Morgan fingerprint density at radius 1 is 0.923 bits per heavy atom. The van der Waals surface area contributed by atoms with Crippen LogP contribution >= 0.6 is 0 Å². The number of fused-ring (bicyclic) bond motifs is 1. The van der Waals surface area contributed by atoms with Crippen LogP contribution in [-0.4, -0.2) is 56.1 Å². The average molecular weight is 532 g/mol. The Bertz CT molecular complexity index is 1280. The fourth-order valence-corrected chi connectivity index (χ4v) is 4.64. The van der Waals surface area contributed by atoms with Crippen molar-refractivity contribution < 1.29 is 28.8 Å². The van der Waals surface area contributed by atoms with E-state index in [1.807, 2.05) is 74.4 Å². The van der Waals surface area contributed by atoms with Gasteiger partial charge >= 0.3 is 5.97 Å². The maximum atomic E-state index is 12.1. The fraction of sp³-hybridized carbons (Fsp3) is 0.344. The van der Waals surface area contributed by atoms with Crippen LogP contribution in [0.15, 0.2) is 66.7 Å². The number of allylic oxidation sites excluding steroid dienone is 1. The SMILES string of the molecule is CCCC(=O)OC(COc1ccc(C(=C(CC)c2ccc3c(c2)OCO3)c2ccc(O)cc2)cc1)CN(C)C. The van der Waals surface area contributed by atoms with E-state index >= 15 is 0 Å². The second-order valence-electron chi connectivity index (χ2n) is 9.78. The molecular weight excluding hydrogens is 494 g/mol. The molecule has 1 heterocycles. The van der Waals surface area contributed by atoms with Crippen molar-refractivity contribution in [1.82, 2.24) is 4.90 Å². The normalized spacial score (nSPS) is 13.7. The van der Waals surface area contributed by atoms with Crippen molar-refractivity contribution in [3.8, 4) is 23.0 Å². The molecule has 7 heteroatoms. The Morgan fingerprint density at radius 2 is 1.56 bits per heavy atom. The van der Waals surface area contributed by atoms with Crippen LogP contribution < -0.4 is 14.2 Å². The number of carbonyl (C=O) groups is 1. The summed E-state index contributed by atoms with van der Waals surface area (Å²) in [6.45, 7) is 5.16. The van der Waals surface area contributed by atoms with Gasteiger partial charge in [0.15, 0.2) is 11.5 Å². The van der Waals surface area contributed by atoms with Crippen molar-refractivity contribution in [3.63, 3.8) is 0 Å². The third kappa shape index (κ3) is 7.33. The summed E-state index contributed by atoms with van der Waals surface area (Å²) in [4.78, 5) is 14.0. The zero-order valence-corrected chi connectivity index (χ0v) is 23.1. The summed E-state index contributed by atoms with van der Waals surface area (Å²) >= 11 is 0. The quantitative estimate of drug-likeness (QED) is 0.222. The van der Waals surface area contributed by atoms with E-state index in [2.05, 4.69) is 13.0 Å². The molecule has 1 unspecified atom stereocenters. The number of aromatic hydroxyl groups is 1. The molecule has 0 fully saturated rings. The van der Waals surface area contributed by atoms with Gasteiger partial charge in [-0.3, -0.25) is 4.79 Å². The number of nitrogens with zero attached hydrogens (tertiary/aromatic N) is 1. The van der Waals surface area contributed by atoms with Gasteiger partial charge < -0.3 is 29.0 Å². The van der Waals surface area contributed by atoms with Gasteiger partial charge in [0.25, 0.3) is 0 Å². The van der Waals surface area contributed by atoms with Crippen LogP contribution in [0.2, 0.25) is 0 Å². The van der Waals surface area contributed by atoms with Crippen molar-refractivity contribution in [3.05, 3.63) is 83.4 Å². The highest BCUT2D eigenvalue weighted by Gasteiger charge is 2.19. The highest BCUT2D eigenvalue weighted by Crippen LogP contribution is 2.40. The Morgan fingerprint density at radius 3 is 2.21 bits per heavy atom. The maximum Gasteiger partial charge on any atom is 0.306 e. The van der Waals surface area contributed by atoms with E-state index in [1.165, 1.54) is 0 Å². The number of benzene rings is 3. The first-order chi connectivity index (χ1) is 18.9. The number of ether oxygens (including phenoxy) is 4. The summed E-state index contributed by atoms with van der Waals surface area (Å²) < 4.78 is 22.8. The average Bonchev–Trinajstić information content (AvgIpc) is 3.39. The van der Waals surface area contributed by atoms with Crippen LogP contribution in [0.1, 0.15) is 49.8 Å². The first-order valence-electron chi connectivity index (χ1n) is 13.4. The number of hydrogen-bond acceptors (Lipinski definition) is 7. The zero-order valence-electron chi connectivity index (χ0n) is 23.1. The van der Waals surface area contributed by atoms with E-state index in [-0.39, 0.29) is 31.2 Å². The number of likely N-dealkylation sites (N-methyl/N-ethyl adjacent to an activating group) is 1. The van der Waals surface area contributed by atoms with E-state index in [0.717, 1.165) is 52.2 Å². The van der Waals surface area contributed by atoms with E-state index < -0.39 is 0 Å². The van der Waals surface area contributed by atoms with Gasteiger partial charge in [0.2, 0.25) is 6.79 Å². The molecule has 206 valence electrons. The highest BCUT2D eigenvalue weighted by atomic mass is 16.7.